The van der Waals surface area contributed by atoms with E-state index in [4.69, 9.17) is 9.26 Å². The van der Waals surface area contributed by atoms with E-state index in [9.17, 15) is 0 Å². The lowest BCUT2D eigenvalue weighted by molar-refractivity contribution is 0.362. The van der Waals surface area contributed by atoms with E-state index in [0.717, 1.165) is 22.9 Å². The molecule has 0 radical (unpaired) electrons. The second kappa shape index (κ2) is 5.01. The summed E-state index contributed by atoms with van der Waals surface area (Å²) in [6, 6.07) is 1.83. The summed E-state index contributed by atoms with van der Waals surface area (Å²) in [7, 11) is 3.52. The zero-order valence-corrected chi connectivity index (χ0v) is 10.2. The van der Waals surface area contributed by atoms with Crippen molar-refractivity contribution >= 4 is 0 Å². The van der Waals surface area contributed by atoms with E-state index < -0.39 is 0 Å². The Morgan fingerprint density at radius 1 is 1.47 bits per heavy atom. The standard InChI is InChI=1S/C11H16N4O2/c1-8-10(11(16-3)15(2)14-8)7-12-6-9-4-5-13-17-9/h4-5,12H,6-7H2,1-3H3. The fourth-order valence-corrected chi connectivity index (χ4v) is 1.78. The molecule has 0 aliphatic rings. The molecule has 0 amide bonds. The first kappa shape index (κ1) is 11.7. The maximum Gasteiger partial charge on any atom is 0.216 e. The number of nitrogens with zero attached hydrogens (tertiary/aromatic N) is 3. The van der Waals surface area contributed by atoms with Gasteiger partial charge in [-0.1, -0.05) is 5.16 Å². The van der Waals surface area contributed by atoms with E-state index in [-0.39, 0.29) is 0 Å². The van der Waals surface area contributed by atoms with Crippen LogP contribution < -0.4 is 10.1 Å². The number of nitrogens with one attached hydrogen (secondary N) is 1. The Bertz CT molecular complexity index is 476. The van der Waals surface area contributed by atoms with Crippen LogP contribution in [0.4, 0.5) is 0 Å². The highest BCUT2D eigenvalue weighted by Crippen LogP contribution is 2.20. The molecule has 2 aromatic heterocycles. The summed E-state index contributed by atoms with van der Waals surface area (Å²) in [5.41, 5.74) is 2.03. The van der Waals surface area contributed by atoms with E-state index in [1.165, 1.54) is 0 Å². The molecule has 0 aliphatic carbocycles. The van der Waals surface area contributed by atoms with Gasteiger partial charge >= 0.3 is 0 Å². The number of rotatable bonds is 5. The summed E-state index contributed by atoms with van der Waals surface area (Å²) >= 11 is 0. The second-order valence-electron chi connectivity index (χ2n) is 3.78. The monoisotopic (exact) mass is 236 g/mol. The number of hydrogen-bond acceptors (Lipinski definition) is 5. The molecule has 0 saturated heterocycles. The topological polar surface area (TPSA) is 65.1 Å². The fourth-order valence-electron chi connectivity index (χ4n) is 1.78. The van der Waals surface area contributed by atoms with Crippen LogP contribution >= 0.6 is 0 Å². The fraction of sp³-hybridized carbons (Fsp3) is 0.455. The van der Waals surface area contributed by atoms with Gasteiger partial charge in [-0.25, -0.2) is 4.68 Å². The molecule has 2 rings (SSSR count). The molecule has 0 aliphatic heterocycles. The Labute approximate surface area is 99.5 Å². The molecular weight excluding hydrogens is 220 g/mol. The van der Waals surface area contributed by atoms with Gasteiger partial charge in [-0.05, 0) is 6.92 Å². The first-order chi connectivity index (χ1) is 8.22. The second-order valence-corrected chi connectivity index (χ2v) is 3.78. The number of hydrogen-bond donors (Lipinski definition) is 1. The van der Waals surface area contributed by atoms with Gasteiger partial charge < -0.3 is 14.6 Å². The summed E-state index contributed by atoms with van der Waals surface area (Å²) in [4.78, 5) is 0. The Kier molecular flexibility index (Phi) is 3.43. The first-order valence-corrected chi connectivity index (χ1v) is 5.39. The molecule has 2 heterocycles. The molecule has 0 spiro atoms. The molecule has 0 fully saturated rings. The van der Waals surface area contributed by atoms with Crippen LogP contribution in [0.2, 0.25) is 0 Å². The van der Waals surface area contributed by atoms with Gasteiger partial charge in [-0.15, -0.1) is 0 Å². The van der Waals surface area contributed by atoms with E-state index >= 15 is 0 Å². The maximum atomic E-state index is 5.31. The third-order valence-electron chi connectivity index (χ3n) is 2.57. The van der Waals surface area contributed by atoms with Crippen molar-refractivity contribution in [2.24, 2.45) is 7.05 Å². The largest absolute Gasteiger partial charge is 0.481 e. The van der Waals surface area contributed by atoms with Crippen molar-refractivity contribution in [3.05, 3.63) is 29.3 Å². The molecule has 0 aromatic carbocycles. The minimum Gasteiger partial charge on any atom is -0.481 e. The minimum absolute atomic E-state index is 0.636. The van der Waals surface area contributed by atoms with Crippen LogP contribution in [0.5, 0.6) is 5.88 Å². The highest BCUT2D eigenvalue weighted by molar-refractivity contribution is 5.30. The first-order valence-electron chi connectivity index (χ1n) is 5.39. The van der Waals surface area contributed by atoms with Gasteiger partial charge in [-0.3, -0.25) is 0 Å². The van der Waals surface area contributed by atoms with Crippen LogP contribution in [0.3, 0.4) is 0 Å². The summed E-state index contributed by atoms with van der Waals surface area (Å²) in [6.07, 6.45) is 1.63. The summed E-state index contributed by atoms with van der Waals surface area (Å²) in [5.74, 6) is 1.60. The number of ether oxygens (including phenoxy) is 1. The quantitative estimate of drug-likeness (QED) is 0.839. The molecule has 17 heavy (non-hydrogen) atoms. The van der Waals surface area contributed by atoms with Crippen LogP contribution in [0, 0.1) is 6.92 Å². The Morgan fingerprint density at radius 3 is 2.94 bits per heavy atom. The molecule has 0 unspecified atom stereocenters. The minimum atomic E-state index is 0.636. The SMILES string of the molecule is COc1c(CNCc2ccno2)c(C)nn1C. The van der Waals surface area contributed by atoms with Crippen molar-refractivity contribution in [2.75, 3.05) is 7.11 Å². The zero-order valence-electron chi connectivity index (χ0n) is 10.2. The highest BCUT2D eigenvalue weighted by Gasteiger charge is 2.13. The molecule has 0 saturated carbocycles. The van der Waals surface area contributed by atoms with Crippen molar-refractivity contribution < 1.29 is 9.26 Å². The summed E-state index contributed by atoms with van der Waals surface area (Å²) in [6.45, 7) is 3.29. The van der Waals surface area contributed by atoms with E-state index in [1.807, 2.05) is 20.0 Å². The highest BCUT2D eigenvalue weighted by atomic mass is 16.5. The summed E-state index contributed by atoms with van der Waals surface area (Å²) in [5, 5.41) is 11.2. The third kappa shape index (κ3) is 2.47. The molecule has 1 N–H and O–H groups in total. The smallest absolute Gasteiger partial charge is 0.216 e. The maximum absolute atomic E-state index is 5.31. The van der Waals surface area contributed by atoms with Crippen molar-refractivity contribution in [1.82, 2.24) is 20.3 Å². The van der Waals surface area contributed by atoms with Crippen LogP contribution in [-0.4, -0.2) is 22.0 Å². The zero-order chi connectivity index (χ0) is 12.3. The normalized spacial score (nSPS) is 10.8. The molecule has 2 aromatic rings. The number of aromatic nitrogens is 3. The summed E-state index contributed by atoms with van der Waals surface area (Å²) < 4.78 is 12.0. The van der Waals surface area contributed by atoms with Gasteiger partial charge in [0, 0.05) is 19.7 Å². The lowest BCUT2D eigenvalue weighted by Gasteiger charge is -2.05. The van der Waals surface area contributed by atoms with Crippen molar-refractivity contribution in [3.63, 3.8) is 0 Å². The molecule has 0 atom stereocenters. The van der Waals surface area contributed by atoms with Crippen molar-refractivity contribution in [3.8, 4) is 5.88 Å². The van der Waals surface area contributed by atoms with Gasteiger partial charge in [0.25, 0.3) is 0 Å². The molecule has 6 nitrogen and oxygen atoms in total. The predicted octanol–water partition coefficient (Wildman–Crippen LogP) is 1.01. The average molecular weight is 236 g/mol. The molecule has 92 valence electrons. The van der Waals surface area contributed by atoms with Gasteiger partial charge in [0.05, 0.1) is 31.1 Å². The van der Waals surface area contributed by atoms with Gasteiger partial charge in [0.1, 0.15) is 5.76 Å². The Balaban J connectivity index is 1.99. The Hall–Kier alpha value is -1.82. The lowest BCUT2D eigenvalue weighted by atomic mass is 10.2. The van der Waals surface area contributed by atoms with Crippen molar-refractivity contribution in [1.29, 1.82) is 0 Å². The lowest BCUT2D eigenvalue weighted by Crippen LogP contribution is -2.13. The van der Waals surface area contributed by atoms with Crippen molar-refractivity contribution in [2.45, 2.75) is 20.0 Å². The van der Waals surface area contributed by atoms with Gasteiger partial charge in [-0.2, -0.15) is 5.10 Å². The molecular formula is C11H16N4O2. The predicted molar refractivity (Wildman–Crippen MR) is 61.5 cm³/mol. The van der Waals surface area contributed by atoms with E-state index in [0.29, 0.717) is 13.1 Å². The van der Waals surface area contributed by atoms with Gasteiger partial charge in [0.2, 0.25) is 5.88 Å². The molecule has 6 heteroatoms. The average Bonchev–Trinajstić information content (AvgIpc) is 2.88. The van der Waals surface area contributed by atoms with Gasteiger partial charge in [0.15, 0.2) is 0 Å². The van der Waals surface area contributed by atoms with Crippen LogP contribution in [0.1, 0.15) is 17.0 Å². The number of methoxy groups -OCH3 is 1. The van der Waals surface area contributed by atoms with E-state index in [1.54, 1.807) is 18.0 Å². The molecule has 0 bridgehead atoms. The van der Waals surface area contributed by atoms with Crippen LogP contribution in [0.15, 0.2) is 16.8 Å². The number of aryl methyl sites for hydroxylation is 2. The van der Waals surface area contributed by atoms with E-state index in [2.05, 4.69) is 15.6 Å². The third-order valence-corrected chi connectivity index (χ3v) is 2.57. The Morgan fingerprint density at radius 2 is 2.29 bits per heavy atom. The van der Waals surface area contributed by atoms with Crippen LogP contribution in [-0.2, 0) is 20.1 Å². The van der Waals surface area contributed by atoms with Crippen LogP contribution in [0.25, 0.3) is 0 Å².